The van der Waals surface area contributed by atoms with Gasteiger partial charge in [-0.2, -0.15) is 0 Å². The molecule has 0 aliphatic heterocycles. The van der Waals surface area contributed by atoms with Gasteiger partial charge in [0.25, 0.3) is 0 Å². The Labute approximate surface area is 112 Å². The summed E-state index contributed by atoms with van der Waals surface area (Å²) in [5, 5.41) is 10.3. The summed E-state index contributed by atoms with van der Waals surface area (Å²) < 4.78 is 0. The minimum absolute atomic E-state index is 0.0509. The maximum atomic E-state index is 10.3. The zero-order valence-electron chi connectivity index (χ0n) is 13.0. The lowest BCUT2D eigenvalue weighted by Crippen LogP contribution is -2.24. The van der Waals surface area contributed by atoms with Crippen molar-refractivity contribution in [3.63, 3.8) is 0 Å². The van der Waals surface area contributed by atoms with E-state index in [1.807, 2.05) is 6.92 Å². The monoisotopic (exact) mass is 248 g/mol. The van der Waals surface area contributed by atoms with E-state index >= 15 is 0 Å². The zero-order chi connectivity index (χ0) is 14.1. The van der Waals surface area contributed by atoms with Crippen LogP contribution in [-0.2, 0) is 10.8 Å². The van der Waals surface area contributed by atoms with Gasteiger partial charge in [0.2, 0.25) is 0 Å². The van der Waals surface area contributed by atoms with Crippen LogP contribution in [0.3, 0.4) is 0 Å². The maximum Gasteiger partial charge on any atom is 0.0790 e. The number of rotatable bonds is 2. The standard InChI is InChI=1S/C17H28O/c1-8-14(18)12-10-9-11-13(16(2,3)4)15(12)17(5,6)7/h9-11,14,18H,8H2,1-7H3. The van der Waals surface area contributed by atoms with Crippen LogP contribution in [0, 0.1) is 0 Å². The summed E-state index contributed by atoms with van der Waals surface area (Å²) in [7, 11) is 0. The van der Waals surface area contributed by atoms with Gasteiger partial charge in [-0.3, -0.25) is 0 Å². The fourth-order valence-corrected chi connectivity index (χ4v) is 2.53. The molecular weight excluding hydrogens is 220 g/mol. The number of aliphatic hydroxyl groups excluding tert-OH is 1. The number of benzene rings is 1. The van der Waals surface area contributed by atoms with Crippen molar-refractivity contribution < 1.29 is 5.11 Å². The molecule has 18 heavy (non-hydrogen) atoms. The molecule has 102 valence electrons. The molecule has 0 heterocycles. The Bertz CT molecular complexity index is 405. The smallest absolute Gasteiger partial charge is 0.0790 e. The number of hydrogen-bond acceptors (Lipinski definition) is 1. The van der Waals surface area contributed by atoms with Gasteiger partial charge in [-0.1, -0.05) is 66.7 Å². The minimum atomic E-state index is -0.360. The average molecular weight is 248 g/mol. The molecule has 0 aliphatic carbocycles. The Morgan fingerprint density at radius 3 is 1.94 bits per heavy atom. The van der Waals surface area contributed by atoms with Crippen molar-refractivity contribution in [3.05, 3.63) is 34.9 Å². The van der Waals surface area contributed by atoms with E-state index in [4.69, 9.17) is 0 Å². The van der Waals surface area contributed by atoms with Gasteiger partial charge >= 0.3 is 0 Å². The first-order chi connectivity index (χ1) is 8.09. The molecule has 1 unspecified atom stereocenters. The first-order valence-corrected chi connectivity index (χ1v) is 6.91. The lowest BCUT2D eigenvalue weighted by atomic mass is 9.72. The summed E-state index contributed by atoms with van der Waals surface area (Å²) in [4.78, 5) is 0. The molecule has 1 heteroatoms. The highest BCUT2D eigenvalue weighted by atomic mass is 16.3. The first-order valence-electron chi connectivity index (χ1n) is 6.91. The summed E-state index contributed by atoms with van der Waals surface area (Å²) in [5.74, 6) is 0. The van der Waals surface area contributed by atoms with Crippen molar-refractivity contribution in [2.24, 2.45) is 0 Å². The molecule has 0 fully saturated rings. The summed E-state index contributed by atoms with van der Waals surface area (Å²) in [5.41, 5.74) is 3.91. The van der Waals surface area contributed by atoms with E-state index in [0.29, 0.717) is 0 Å². The van der Waals surface area contributed by atoms with Crippen LogP contribution in [0.15, 0.2) is 18.2 Å². The molecule has 1 rings (SSSR count). The molecule has 1 atom stereocenters. The van der Waals surface area contributed by atoms with E-state index in [-0.39, 0.29) is 16.9 Å². The Morgan fingerprint density at radius 1 is 1.00 bits per heavy atom. The molecule has 1 aromatic rings. The van der Waals surface area contributed by atoms with Crippen molar-refractivity contribution >= 4 is 0 Å². The van der Waals surface area contributed by atoms with Gasteiger partial charge in [0.1, 0.15) is 0 Å². The molecule has 0 aliphatic rings. The SMILES string of the molecule is CCC(O)c1cccc(C(C)(C)C)c1C(C)(C)C. The normalized spacial score (nSPS) is 14.7. The fourth-order valence-electron chi connectivity index (χ4n) is 2.53. The van der Waals surface area contributed by atoms with Gasteiger partial charge in [-0.25, -0.2) is 0 Å². The van der Waals surface area contributed by atoms with Crippen molar-refractivity contribution in [1.82, 2.24) is 0 Å². The molecular formula is C17H28O. The molecule has 0 spiro atoms. The van der Waals surface area contributed by atoms with Crippen LogP contribution in [-0.4, -0.2) is 5.11 Å². The van der Waals surface area contributed by atoms with Crippen LogP contribution in [0.25, 0.3) is 0 Å². The largest absolute Gasteiger partial charge is 0.388 e. The van der Waals surface area contributed by atoms with Crippen LogP contribution >= 0.6 is 0 Å². The van der Waals surface area contributed by atoms with E-state index in [1.165, 1.54) is 11.1 Å². The number of aliphatic hydroxyl groups is 1. The van der Waals surface area contributed by atoms with Gasteiger partial charge < -0.3 is 5.11 Å². The van der Waals surface area contributed by atoms with Crippen molar-refractivity contribution in [3.8, 4) is 0 Å². The highest BCUT2D eigenvalue weighted by Crippen LogP contribution is 2.38. The Hall–Kier alpha value is -0.820. The van der Waals surface area contributed by atoms with Crippen LogP contribution < -0.4 is 0 Å². The third-order valence-corrected chi connectivity index (χ3v) is 3.40. The van der Waals surface area contributed by atoms with Crippen molar-refractivity contribution in [2.45, 2.75) is 71.8 Å². The lowest BCUT2D eigenvalue weighted by Gasteiger charge is -2.33. The van der Waals surface area contributed by atoms with Crippen LogP contribution in [0.5, 0.6) is 0 Å². The first kappa shape index (κ1) is 15.2. The quantitative estimate of drug-likeness (QED) is 0.802. The van der Waals surface area contributed by atoms with E-state index in [9.17, 15) is 5.11 Å². The van der Waals surface area contributed by atoms with Crippen molar-refractivity contribution in [2.75, 3.05) is 0 Å². The second kappa shape index (κ2) is 5.05. The molecule has 0 saturated carbocycles. The summed E-state index contributed by atoms with van der Waals surface area (Å²) in [6, 6.07) is 6.35. The van der Waals surface area contributed by atoms with E-state index < -0.39 is 0 Å². The van der Waals surface area contributed by atoms with Crippen molar-refractivity contribution in [1.29, 1.82) is 0 Å². The summed E-state index contributed by atoms with van der Waals surface area (Å²) in [6.07, 6.45) is 0.401. The predicted molar refractivity (Wildman–Crippen MR) is 79.1 cm³/mol. The van der Waals surface area contributed by atoms with Crippen LogP contribution in [0.2, 0.25) is 0 Å². The Morgan fingerprint density at radius 2 is 1.56 bits per heavy atom. The second-order valence-corrected chi connectivity index (χ2v) is 7.19. The highest BCUT2D eigenvalue weighted by molar-refractivity contribution is 5.44. The van der Waals surface area contributed by atoms with E-state index in [0.717, 1.165) is 12.0 Å². The molecule has 1 nitrogen and oxygen atoms in total. The van der Waals surface area contributed by atoms with Gasteiger partial charge in [0.15, 0.2) is 0 Å². The predicted octanol–water partition coefficient (Wildman–Crippen LogP) is 4.73. The van der Waals surface area contributed by atoms with Gasteiger partial charge in [-0.15, -0.1) is 0 Å². The molecule has 0 saturated heterocycles. The average Bonchev–Trinajstić information content (AvgIpc) is 2.24. The van der Waals surface area contributed by atoms with Gasteiger partial charge in [0.05, 0.1) is 6.10 Å². The summed E-state index contributed by atoms with van der Waals surface area (Å²) in [6.45, 7) is 15.4. The third-order valence-electron chi connectivity index (χ3n) is 3.40. The third kappa shape index (κ3) is 3.14. The minimum Gasteiger partial charge on any atom is -0.388 e. The Kier molecular flexibility index (Phi) is 4.27. The molecule has 1 aromatic carbocycles. The highest BCUT2D eigenvalue weighted by Gasteiger charge is 2.28. The van der Waals surface area contributed by atoms with Crippen LogP contribution in [0.1, 0.15) is 77.7 Å². The molecule has 0 bridgehead atoms. The lowest BCUT2D eigenvalue weighted by molar-refractivity contribution is 0.171. The number of hydrogen-bond donors (Lipinski definition) is 1. The molecule has 0 aromatic heterocycles. The van der Waals surface area contributed by atoms with Gasteiger partial charge in [0, 0.05) is 0 Å². The molecule has 0 radical (unpaired) electrons. The molecule has 0 amide bonds. The topological polar surface area (TPSA) is 20.2 Å². The second-order valence-electron chi connectivity index (χ2n) is 7.19. The van der Waals surface area contributed by atoms with Crippen LogP contribution in [0.4, 0.5) is 0 Å². The summed E-state index contributed by atoms with van der Waals surface area (Å²) >= 11 is 0. The van der Waals surface area contributed by atoms with E-state index in [2.05, 4.69) is 59.7 Å². The maximum absolute atomic E-state index is 10.3. The van der Waals surface area contributed by atoms with E-state index in [1.54, 1.807) is 0 Å². The zero-order valence-corrected chi connectivity index (χ0v) is 13.0. The fraction of sp³-hybridized carbons (Fsp3) is 0.647. The molecule has 1 N–H and O–H groups in total. The Balaban J connectivity index is 3.56. The van der Waals surface area contributed by atoms with Gasteiger partial charge in [-0.05, 0) is 33.9 Å².